The van der Waals surface area contributed by atoms with Crippen molar-refractivity contribution >= 4 is 17.3 Å². The number of esters is 1. The molecule has 0 saturated carbocycles. The SMILES string of the molecule is Cc1nc(COc2ccc(C(=O)OCc3cc(C#N)ccc3F)cc2)cs1. The zero-order chi connectivity index (χ0) is 19.2. The van der Waals surface area contributed by atoms with E-state index in [2.05, 4.69) is 4.98 Å². The van der Waals surface area contributed by atoms with Gasteiger partial charge in [-0.25, -0.2) is 14.2 Å². The Kier molecular flexibility index (Phi) is 5.79. The van der Waals surface area contributed by atoms with E-state index >= 15 is 0 Å². The molecule has 0 aliphatic carbocycles. The third kappa shape index (κ3) is 4.90. The number of nitrogens with zero attached hydrogens (tertiary/aromatic N) is 2. The highest BCUT2D eigenvalue weighted by molar-refractivity contribution is 7.09. The maximum atomic E-state index is 13.7. The minimum absolute atomic E-state index is 0.154. The van der Waals surface area contributed by atoms with Crippen LogP contribution < -0.4 is 4.74 Å². The molecule has 0 aliphatic heterocycles. The highest BCUT2D eigenvalue weighted by atomic mass is 32.1. The highest BCUT2D eigenvalue weighted by Crippen LogP contribution is 2.17. The first-order chi connectivity index (χ1) is 13.0. The predicted molar refractivity (Wildman–Crippen MR) is 97.9 cm³/mol. The number of hydrogen-bond donors (Lipinski definition) is 0. The van der Waals surface area contributed by atoms with Gasteiger partial charge in [0.05, 0.1) is 27.9 Å². The van der Waals surface area contributed by atoms with Gasteiger partial charge in [0.25, 0.3) is 0 Å². The Morgan fingerprint density at radius 1 is 1.22 bits per heavy atom. The van der Waals surface area contributed by atoms with Crippen molar-refractivity contribution in [2.24, 2.45) is 0 Å². The summed E-state index contributed by atoms with van der Waals surface area (Å²) < 4.78 is 24.5. The lowest BCUT2D eigenvalue weighted by atomic mass is 10.1. The summed E-state index contributed by atoms with van der Waals surface area (Å²) in [7, 11) is 0. The number of ether oxygens (including phenoxy) is 2. The van der Waals surface area contributed by atoms with Gasteiger partial charge in [-0.1, -0.05) is 0 Å². The molecule has 1 aromatic heterocycles. The number of aromatic nitrogens is 1. The standard InChI is InChI=1S/C20H15FN2O3S/c1-13-23-17(12-27-13)11-25-18-5-3-15(4-6-18)20(24)26-10-16-8-14(9-22)2-7-19(16)21/h2-8,12H,10-11H2,1H3. The molecule has 0 amide bonds. The molecule has 1 heterocycles. The topological polar surface area (TPSA) is 72.2 Å². The van der Waals surface area contributed by atoms with Gasteiger partial charge >= 0.3 is 5.97 Å². The number of carbonyl (C=O) groups excluding carboxylic acids is 1. The van der Waals surface area contributed by atoms with Gasteiger partial charge < -0.3 is 9.47 Å². The fourth-order valence-corrected chi connectivity index (χ4v) is 2.90. The molecule has 3 aromatic rings. The Hall–Kier alpha value is -3.24. The monoisotopic (exact) mass is 382 g/mol. The first kappa shape index (κ1) is 18.5. The lowest BCUT2D eigenvalue weighted by Crippen LogP contribution is -2.06. The van der Waals surface area contributed by atoms with Gasteiger partial charge in [-0.2, -0.15) is 5.26 Å². The second-order valence-electron chi connectivity index (χ2n) is 5.67. The van der Waals surface area contributed by atoms with Crippen LogP contribution in [0, 0.1) is 24.1 Å². The second-order valence-corrected chi connectivity index (χ2v) is 6.73. The van der Waals surface area contributed by atoms with E-state index in [1.165, 1.54) is 18.2 Å². The summed E-state index contributed by atoms with van der Waals surface area (Å²) in [4.78, 5) is 16.4. The lowest BCUT2D eigenvalue weighted by Gasteiger charge is -2.08. The molecule has 136 valence electrons. The summed E-state index contributed by atoms with van der Waals surface area (Å²) >= 11 is 1.56. The maximum absolute atomic E-state index is 13.7. The van der Waals surface area contributed by atoms with Gasteiger partial charge in [0, 0.05) is 10.9 Å². The van der Waals surface area contributed by atoms with Crippen molar-refractivity contribution < 1.29 is 18.7 Å². The molecule has 0 radical (unpaired) electrons. The zero-order valence-electron chi connectivity index (χ0n) is 14.4. The molecule has 2 aromatic carbocycles. The van der Waals surface area contributed by atoms with E-state index < -0.39 is 11.8 Å². The second kappa shape index (κ2) is 8.43. The molecule has 0 atom stereocenters. The molecule has 0 unspecified atom stereocenters. The van der Waals surface area contributed by atoms with Crippen LogP contribution in [0.5, 0.6) is 5.75 Å². The quantitative estimate of drug-likeness (QED) is 0.591. The van der Waals surface area contributed by atoms with Crippen molar-refractivity contribution in [1.82, 2.24) is 4.98 Å². The molecule has 0 bridgehead atoms. The minimum atomic E-state index is -0.585. The number of carbonyl (C=O) groups is 1. The lowest BCUT2D eigenvalue weighted by molar-refractivity contribution is 0.0469. The molecular formula is C20H15FN2O3S. The summed E-state index contributed by atoms with van der Waals surface area (Å²) in [6.45, 7) is 2.03. The van der Waals surface area contributed by atoms with E-state index in [-0.39, 0.29) is 12.2 Å². The van der Waals surface area contributed by atoms with E-state index in [0.717, 1.165) is 10.7 Å². The third-order valence-electron chi connectivity index (χ3n) is 3.68. The maximum Gasteiger partial charge on any atom is 0.338 e. The third-order valence-corrected chi connectivity index (χ3v) is 4.50. The van der Waals surface area contributed by atoms with Crippen LogP contribution in [0.15, 0.2) is 47.8 Å². The van der Waals surface area contributed by atoms with E-state index in [1.54, 1.807) is 35.6 Å². The molecule has 0 saturated heterocycles. The highest BCUT2D eigenvalue weighted by Gasteiger charge is 2.11. The Morgan fingerprint density at radius 3 is 2.67 bits per heavy atom. The van der Waals surface area contributed by atoms with E-state index in [9.17, 15) is 9.18 Å². The molecule has 3 rings (SSSR count). The molecule has 27 heavy (non-hydrogen) atoms. The largest absolute Gasteiger partial charge is 0.487 e. The molecule has 0 aliphatic rings. The van der Waals surface area contributed by atoms with Gasteiger partial charge in [0.2, 0.25) is 0 Å². The van der Waals surface area contributed by atoms with Crippen LogP contribution in [0.4, 0.5) is 4.39 Å². The Balaban J connectivity index is 1.56. The molecular weight excluding hydrogens is 367 g/mol. The summed E-state index contributed by atoms with van der Waals surface area (Å²) in [5.41, 5.74) is 1.63. The van der Waals surface area contributed by atoms with Gasteiger partial charge in [-0.05, 0) is 49.4 Å². The van der Waals surface area contributed by atoms with Crippen LogP contribution in [-0.2, 0) is 18.0 Å². The number of aryl methyl sites for hydroxylation is 1. The molecule has 0 spiro atoms. The smallest absolute Gasteiger partial charge is 0.338 e. The number of halogens is 1. The number of rotatable bonds is 6. The van der Waals surface area contributed by atoms with Crippen LogP contribution >= 0.6 is 11.3 Å². The van der Waals surface area contributed by atoms with Crippen molar-refractivity contribution in [2.75, 3.05) is 0 Å². The number of hydrogen-bond acceptors (Lipinski definition) is 6. The number of benzene rings is 2. The minimum Gasteiger partial charge on any atom is -0.487 e. The van der Waals surface area contributed by atoms with Crippen molar-refractivity contribution in [3.63, 3.8) is 0 Å². The molecule has 5 nitrogen and oxygen atoms in total. The number of nitriles is 1. The van der Waals surface area contributed by atoms with Gasteiger partial charge in [-0.15, -0.1) is 11.3 Å². The normalized spacial score (nSPS) is 10.3. The van der Waals surface area contributed by atoms with Crippen molar-refractivity contribution in [3.05, 3.63) is 81.1 Å². The summed E-state index contributed by atoms with van der Waals surface area (Å²) in [6, 6.07) is 12.3. The first-order valence-electron chi connectivity index (χ1n) is 8.04. The average molecular weight is 382 g/mol. The van der Waals surface area contributed by atoms with Crippen LogP contribution in [0.3, 0.4) is 0 Å². The number of thiazole rings is 1. The van der Waals surface area contributed by atoms with Gasteiger partial charge in [0.15, 0.2) is 0 Å². The average Bonchev–Trinajstić information content (AvgIpc) is 3.11. The van der Waals surface area contributed by atoms with E-state index in [0.29, 0.717) is 23.5 Å². The molecule has 0 fully saturated rings. The van der Waals surface area contributed by atoms with Crippen LogP contribution in [0.25, 0.3) is 0 Å². The van der Waals surface area contributed by atoms with E-state index in [4.69, 9.17) is 14.7 Å². The van der Waals surface area contributed by atoms with Crippen molar-refractivity contribution in [1.29, 1.82) is 5.26 Å². The van der Waals surface area contributed by atoms with Crippen LogP contribution in [0.1, 0.15) is 32.2 Å². The van der Waals surface area contributed by atoms with Gasteiger partial charge in [-0.3, -0.25) is 0 Å². The van der Waals surface area contributed by atoms with Crippen molar-refractivity contribution in [3.8, 4) is 11.8 Å². The van der Waals surface area contributed by atoms with Crippen LogP contribution in [0.2, 0.25) is 0 Å². The summed E-state index contributed by atoms with van der Waals surface area (Å²) in [5.74, 6) is -0.508. The fourth-order valence-electron chi connectivity index (χ4n) is 2.30. The van der Waals surface area contributed by atoms with Crippen molar-refractivity contribution in [2.45, 2.75) is 20.1 Å². The Bertz CT molecular complexity index is 993. The zero-order valence-corrected chi connectivity index (χ0v) is 15.3. The summed E-state index contributed by atoms with van der Waals surface area (Å²) in [6.07, 6.45) is 0. The Morgan fingerprint density at radius 2 is 2.00 bits per heavy atom. The predicted octanol–water partition coefficient (Wildman–Crippen LogP) is 4.40. The molecule has 0 N–H and O–H groups in total. The van der Waals surface area contributed by atoms with Crippen LogP contribution in [-0.4, -0.2) is 11.0 Å². The molecule has 7 heteroatoms. The first-order valence-corrected chi connectivity index (χ1v) is 8.92. The summed E-state index contributed by atoms with van der Waals surface area (Å²) in [5, 5.41) is 11.8. The Labute approximate surface area is 159 Å². The van der Waals surface area contributed by atoms with Gasteiger partial charge in [0.1, 0.15) is 24.8 Å². The fraction of sp³-hybridized carbons (Fsp3) is 0.150. The van der Waals surface area contributed by atoms with E-state index in [1.807, 2.05) is 18.4 Å².